The molecule has 5 nitrogen and oxygen atoms in total. The van der Waals surface area contributed by atoms with Gasteiger partial charge in [-0.05, 0) is 24.0 Å². The Morgan fingerprint density at radius 2 is 1.80 bits per heavy atom. The van der Waals surface area contributed by atoms with E-state index < -0.39 is 10.1 Å². The molecule has 0 radical (unpaired) electrons. The van der Waals surface area contributed by atoms with E-state index in [-0.39, 0.29) is 22.5 Å². The first-order valence-corrected chi connectivity index (χ1v) is 7.75. The predicted molar refractivity (Wildman–Crippen MR) is 74.8 cm³/mol. The van der Waals surface area contributed by atoms with Gasteiger partial charge in [0.25, 0.3) is 0 Å². The summed E-state index contributed by atoms with van der Waals surface area (Å²) >= 11 is 0. The molecule has 0 N–H and O–H groups in total. The molecule has 108 valence electrons. The lowest BCUT2D eigenvalue weighted by atomic mass is 9.76. The van der Waals surface area contributed by atoms with Crippen LogP contribution < -0.4 is 0 Å². The van der Waals surface area contributed by atoms with Crippen molar-refractivity contribution in [3.05, 3.63) is 30.3 Å². The molecule has 0 unspecified atom stereocenters. The molecule has 0 amide bonds. The summed E-state index contributed by atoms with van der Waals surface area (Å²) in [5, 5.41) is 3.69. The van der Waals surface area contributed by atoms with Gasteiger partial charge in [0.05, 0.1) is 5.71 Å². The molecule has 1 aromatic carbocycles. The highest BCUT2D eigenvalue weighted by Crippen LogP contribution is 2.32. The number of Topliss-reactive ketones (excluding diaryl/α,β-unsaturated/α-hetero) is 1. The number of ketones is 1. The molecular weight excluding hydrogens is 278 g/mol. The Balaban J connectivity index is 2.15. The first kappa shape index (κ1) is 14.7. The Bertz CT molecular complexity index is 632. The smallest absolute Gasteiger partial charge is 0.299 e. The van der Waals surface area contributed by atoms with Gasteiger partial charge in [-0.2, -0.15) is 8.42 Å². The molecule has 0 aliphatic heterocycles. The lowest BCUT2D eigenvalue weighted by molar-refractivity contribution is -0.120. The van der Waals surface area contributed by atoms with E-state index in [2.05, 4.69) is 5.16 Å². The van der Waals surface area contributed by atoms with Crippen molar-refractivity contribution in [2.45, 2.75) is 38.0 Å². The summed E-state index contributed by atoms with van der Waals surface area (Å²) in [6.45, 7) is 3.90. The Hall–Kier alpha value is -1.69. The highest BCUT2D eigenvalue weighted by Gasteiger charge is 2.31. The molecule has 0 atom stereocenters. The van der Waals surface area contributed by atoms with Crippen LogP contribution in [0.3, 0.4) is 0 Å². The second-order valence-electron chi connectivity index (χ2n) is 5.73. The van der Waals surface area contributed by atoms with Crippen LogP contribution in [0.1, 0.15) is 33.1 Å². The van der Waals surface area contributed by atoms with Crippen molar-refractivity contribution >= 4 is 21.6 Å². The number of carbonyl (C=O) groups excluding carboxylic acids is 1. The van der Waals surface area contributed by atoms with Gasteiger partial charge in [0.2, 0.25) is 0 Å². The number of hydrogen-bond donors (Lipinski definition) is 0. The third kappa shape index (κ3) is 3.66. The number of rotatable bonds is 3. The second kappa shape index (κ2) is 5.36. The predicted octanol–water partition coefficient (Wildman–Crippen LogP) is 2.53. The Kier molecular flexibility index (Phi) is 3.94. The maximum absolute atomic E-state index is 11.9. The van der Waals surface area contributed by atoms with Gasteiger partial charge >= 0.3 is 10.1 Å². The van der Waals surface area contributed by atoms with E-state index in [1.54, 1.807) is 18.2 Å². The van der Waals surface area contributed by atoms with Gasteiger partial charge in [-0.1, -0.05) is 37.2 Å². The Morgan fingerprint density at radius 3 is 2.40 bits per heavy atom. The average molecular weight is 295 g/mol. The fourth-order valence-corrected chi connectivity index (χ4v) is 3.08. The van der Waals surface area contributed by atoms with Crippen molar-refractivity contribution in [3.63, 3.8) is 0 Å². The van der Waals surface area contributed by atoms with Crippen LogP contribution in [0.4, 0.5) is 0 Å². The highest BCUT2D eigenvalue weighted by molar-refractivity contribution is 7.86. The van der Waals surface area contributed by atoms with Crippen LogP contribution in [0.25, 0.3) is 0 Å². The summed E-state index contributed by atoms with van der Waals surface area (Å²) in [6.07, 6.45) is 1.20. The fraction of sp³-hybridized carbons (Fsp3) is 0.429. The summed E-state index contributed by atoms with van der Waals surface area (Å²) < 4.78 is 28.5. The number of nitrogens with zero attached hydrogens (tertiary/aromatic N) is 1. The maximum Gasteiger partial charge on any atom is 0.358 e. The van der Waals surface area contributed by atoms with E-state index in [1.165, 1.54) is 12.1 Å². The van der Waals surface area contributed by atoms with Crippen LogP contribution in [0.2, 0.25) is 0 Å². The van der Waals surface area contributed by atoms with Crippen LogP contribution in [0.15, 0.2) is 40.4 Å². The summed E-state index contributed by atoms with van der Waals surface area (Å²) in [5.41, 5.74) is 0.277. The van der Waals surface area contributed by atoms with E-state index in [0.29, 0.717) is 18.6 Å². The minimum Gasteiger partial charge on any atom is -0.299 e. The zero-order valence-corrected chi connectivity index (χ0v) is 12.3. The molecule has 0 bridgehead atoms. The first-order valence-electron chi connectivity index (χ1n) is 6.35. The highest BCUT2D eigenvalue weighted by atomic mass is 32.2. The zero-order valence-electron chi connectivity index (χ0n) is 11.5. The van der Waals surface area contributed by atoms with Gasteiger partial charge in [-0.3, -0.25) is 9.08 Å². The van der Waals surface area contributed by atoms with Crippen molar-refractivity contribution in [1.29, 1.82) is 0 Å². The molecule has 1 aromatic rings. The van der Waals surface area contributed by atoms with Gasteiger partial charge in [-0.25, -0.2) is 0 Å². The minimum atomic E-state index is -3.91. The van der Waals surface area contributed by atoms with Gasteiger partial charge in [0.1, 0.15) is 10.7 Å². The van der Waals surface area contributed by atoms with Crippen molar-refractivity contribution in [1.82, 2.24) is 0 Å². The topological polar surface area (TPSA) is 72.8 Å². The SMILES string of the molecule is CC1(C)CC(=O)CC(=NOS(=O)(=O)c2ccccc2)C1. The summed E-state index contributed by atoms with van der Waals surface area (Å²) in [5.74, 6) is 0.0562. The molecule has 1 fully saturated rings. The van der Waals surface area contributed by atoms with Crippen molar-refractivity contribution < 1.29 is 17.5 Å². The molecule has 0 heterocycles. The molecule has 1 saturated carbocycles. The van der Waals surface area contributed by atoms with E-state index in [0.717, 1.165) is 0 Å². The molecule has 1 aliphatic carbocycles. The Labute approximate surface area is 118 Å². The average Bonchev–Trinajstić information content (AvgIpc) is 2.35. The molecule has 20 heavy (non-hydrogen) atoms. The van der Waals surface area contributed by atoms with Crippen LogP contribution in [0.5, 0.6) is 0 Å². The molecule has 2 rings (SSSR count). The lowest BCUT2D eigenvalue weighted by Crippen LogP contribution is -2.29. The molecule has 0 spiro atoms. The molecule has 0 saturated heterocycles. The van der Waals surface area contributed by atoms with E-state index in [9.17, 15) is 13.2 Å². The number of oxime groups is 1. The molecule has 1 aliphatic rings. The largest absolute Gasteiger partial charge is 0.358 e. The van der Waals surface area contributed by atoms with Gasteiger partial charge in [0, 0.05) is 12.8 Å². The van der Waals surface area contributed by atoms with Gasteiger partial charge in [0.15, 0.2) is 0 Å². The van der Waals surface area contributed by atoms with Gasteiger partial charge in [-0.15, -0.1) is 0 Å². The zero-order chi connectivity index (χ0) is 14.8. The summed E-state index contributed by atoms with van der Waals surface area (Å²) in [4.78, 5) is 11.6. The fourth-order valence-electron chi connectivity index (χ4n) is 2.30. The number of hydrogen-bond acceptors (Lipinski definition) is 5. The third-order valence-corrected chi connectivity index (χ3v) is 4.18. The lowest BCUT2D eigenvalue weighted by Gasteiger charge is -2.28. The second-order valence-corrected chi connectivity index (χ2v) is 7.26. The standard InChI is InChI=1S/C14H17NO4S/c1-14(2)9-11(8-12(16)10-14)15-19-20(17,18)13-6-4-3-5-7-13/h3-7H,8-10H2,1-2H3. The quantitative estimate of drug-likeness (QED) is 0.803. The minimum absolute atomic E-state index is 0.0470. The van der Waals surface area contributed by atoms with E-state index in [4.69, 9.17) is 4.28 Å². The number of carbonyl (C=O) groups is 1. The Morgan fingerprint density at radius 1 is 1.15 bits per heavy atom. The number of benzene rings is 1. The van der Waals surface area contributed by atoms with Crippen molar-refractivity contribution in [3.8, 4) is 0 Å². The van der Waals surface area contributed by atoms with Crippen LogP contribution in [-0.4, -0.2) is 19.9 Å². The van der Waals surface area contributed by atoms with Crippen LogP contribution >= 0.6 is 0 Å². The van der Waals surface area contributed by atoms with Crippen LogP contribution in [-0.2, 0) is 19.2 Å². The first-order chi connectivity index (χ1) is 9.28. The molecule has 0 aromatic heterocycles. The van der Waals surface area contributed by atoms with Crippen molar-refractivity contribution in [2.24, 2.45) is 10.6 Å². The van der Waals surface area contributed by atoms with Gasteiger partial charge < -0.3 is 0 Å². The monoisotopic (exact) mass is 295 g/mol. The van der Waals surface area contributed by atoms with Crippen molar-refractivity contribution in [2.75, 3.05) is 0 Å². The maximum atomic E-state index is 11.9. The summed E-state index contributed by atoms with van der Waals surface area (Å²) in [7, 11) is -3.91. The molecule has 6 heteroatoms. The van der Waals surface area contributed by atoms with E-state index >= 15 is 0 Å². The van der Waals surface area contributed by atoms with E-state index in [1.807, 2.05) is 13.8 Å². The normalized spacial score (nSPS) is 20.9. The molecular formula is C14H17NO4S. The third-order valence-electron chi connectivity index (χ3n) is 3.06. The summed E-state index contributed by atoms with van der Waals surface area (Å²) in [6, 6.07) is 7.80. The van der Waals surface area contributed by atoms with Crippen LogP contribution in [0, 0.1) is 5.41 Å².